The number of nitrogens with zero attached hydrogens (tertiary/aromatic N) is 4. The van der Waals surface area contributed by atoms with Gasteiger partial charge in [0.25, 0.3) is 0 Å². The van der Waals surface area contributed by atoms with Gasteiger partial charge in [0.1, 0.15) is 6.33 Å². The molecule has 0 saturated heterocycles. The van der Waals surface area contributed by atoms with Gasteiger partial charge in [0.05, 0.1) is 11.8 Å². The second-order valence-corrected chi connectivity index (χ2v) is 3.03. The summed E-state index contributed by atoms with van der Waals surface area (Å²) in [6.07, 6.45) is 1.11. The summed E-state index contributed by atoms with van der Waals surface area (Å²) in [4.78, 5) is 7.10. The Bertz CT molecular complexity index is 483. The Labute approximate surface area is 85.5 Å². The Kier molecular flexibility index (Phi) is 2.32. The van der Waals surface area contributed by atoms with E-state index in [1.54, 1.807) is 17.8 Å². The molecule has 0 aliphatic rings. The highest BCUT2D eigenvalue weighted by atomic mass is 19.1. The van der Waals surface area contributed by atoms with Gasteiger partial charge in [0.15, 0.2) is 0 Å². The van der Waals surface area contributed by atoms with Crippen LogP contribution in [0.2, 0.25) is 0 Å². The minimum atomic E-state index is -0.626. The summed E-state index contributed by atoms with van der Waals surface area (Å²) in [5, 5.41) is 4.08. The maximum Gasteiger partial charge on any atom is 0.227 e. The molecule has 0 atom stereocenters. The molecule has 0 fully saturated rings. The van der Waals surface area contributed by atoms with Crippen molar-refractivity contribution in [1.29, 1.82) is 0 Å². The molecule has 2 heterocycles. The third-order valence-electron chi connectivity index (χ3n) is 1.78. The molecule has 2 aromatic rings. The molecule has 5 nitrogen and oxygen atoms in total. The van der Waals surface area contributed by atoms with Crippen LogP contribution in [-0.4, -0.2) is 19.7 Å². The minimum Gasteiger partial charge on any atom is -0.421 e. The van der Waals surface area contributed by atoms with Crippen LogP contribution in [0.1, 0.15) is 5.69 Å². The van der Waals surface area contributed by atoms with Crippen LogP contribution in [0.4, 0.5) is 4.39 Å². The van der Waals surface area contributed by atoms with E-state index in [4.69, 9.17) is 4.74 Å². The second-order valence-electron chi connectivity index (χ2n) is 3.03. The smallest absolute Gasteiger partial charge is 0.227 e. The van der Waals surface area contributed by atoms with E-state index in [2.05, 4.69) is 15.1 Å². The predicted molar refractivity (Wildman–Crippen MR) is 50.0 cm³/mol. The molecular formula is C9H9FN4O. The Morgan fingerprint density at radius 1 is 1.33 bits per heavy atom. The molecule has 78 valence electrons. The second kappa shape index (κ2) is 3.64. The van der Waals surface area contributed by atoms with Gasteiger partial charge in [-0.15, -0.1) is 0 Å². The van der Waals surface area contributed by atoms with E-state index in [9.17, 15) is 4.39 Å². The molecule has 0 aliphatic carbocycles. The fourth-order valence-electron chi connectivity index (χ4n) is 1.16. The van der Waals surface area contributed by atoms with E-state index >= 15 is 0 Å². The van der Waals surface area contributed by atoms with E-state index in [0.29, 0.717) is 5.88 Å². The van der Waals surface area contributed by atoms with Crippen LogP contribution in [-0.2, 0) is 7.05 Å². The van der Waals surface area contributed by atoms with Crippen LogP contribution in [0.5, 0.6) is 11.8 Å². The maximum absolute atomic E-state index is 12.7. The van der Waals surface area contributed by atoms with Crippen molar-refractivity contribution in [3.8, 4) is 11.8 Å². The summed E-state index contributed by atoms with van der Waals surface area (Å²) < 4.78 is 19.6. The first kappa shape index (κ1) is 9.57. The number of ether oxygens (including phenoxy) is 1. The number of hydrogen-bond acceptors (Lipinski definition) is 4. The lowest BCUT2D eigenvalue weighted by molar-refractivity contribution is 0.408. The highest BCUT2D eigenvalue weighted by Crippen LogP contribution is 2.18. The quantitative estimate of drug-likeness (QED) is 0.701. The Morgan fingerprint density at radius 2 is 2.13 bits per heavy atom. The third-order valence-corrected chi connectivity index (χ3v) is 1.78. The summed E-state index contributed by atoms with van der Waals surface area (Å²) in [6, 6.07) is 2.85. The van der Waals surface area contributed by atoms with Crippen molar-refractivity contribution in [2.24, 2.45) is 7.05 Å². The zero-order valence-electron chi connectivity index (χ0n) is 8.31. The van der Waals surface area contributed by atoms with E-state index in [-0.39, 0.29) is 5.88 Å². The minimum absolute atomic E-state index is 0.158. The fraction of sp³-hybridized carbons (Fsp3) is 0.222. The summed E-state index contributed by atoms with van der Waals surface area (Å²) in [5.41, 5.74) is 0.821. The van der Waals surface area contributed by atoms with E-state index in [1.807, 2.05) is 6.92 Å². The van der Waals surface area contributed by atoms with Gasteiger partial charge < -0.3 is 4.74 Å². The average Bonchev–Trinajstić information content (AvgIpc) is 2.45. The first-order valence-corrected chi connectivity index (χ1v) is 4.31. The van der Waals surface area contributed by atoms with Gasteiger partial charge in [-0.05, 0) is 6.92 Å². The highest BCUT2D eigenvalue weighted by Gasteiger charge is 2.06. The predicted octanol–water partition coefficient (Wildman–Crippen LogP) is 1.45. The first-order valence-electron chi connectivity index (χ1n) is 4.31. The summed E-state index contributed by atoms with van der Waals surface area (Å²) in [6.45, 7) is 1.84. The van der Waals surface area contributed by atoms with Crippen LogP contribution in [0.3, 0.4) is 0 Å². The molecule has 0 radical (unpaired) electrons. The summed E-state index contributed by atoms with van der Waals surface area (Å²) in [5.74, 6) is 0.0370. The lowest BCUT2D eigenvalue weighted by atomic mass is 10.5. The average molecular weight is 208 g/mol. The molecular weight excluding hydrogens is 199 g/mol. The normalized spacial score (nSPS) is 10.3. The van der Waals surface area contributed by atoms with Gasteiger partial charge in [0.2, 0.25) is 17.7 Å². The molecule has 0 N–H and O–H groups in total. The highest BCUT2D eigenvalue weighted by molar-refractivity contribution is 5.20. The summed E-state index contributed by atoms with van der Waals surface area (Å²) >= 11 is 0. The Morgan fingerprint density at radius 3 is 2.73 bits per heavy atom. The topological polar surface area (TPSA) is 52.8 Å². The number of hydrogen-bond donors (Lipinski definition) is 0. The third kappa shape index (κ3) is 2.09. The van der Waals surface area contributed by atoms with Gasteiger partial charge in [-0.25, -0.2) is 14.6 Å². The molecule has 0 bridgehead atoms. The van der Waals surface area contributed by atoms with Crippen molar-refractivity contribution in [2.75, 3.05) is 0 Å². The molecule has 0 amide bonds. The SMILES string of the molecule is Cc1cc(Oc2cc(F)ncn2)n(C)n1. The van der Waals surface area contributed by atoms with Crippen LogP contribution in [0.25, 0.3) is 0 Å². The lowest BCUT2D eigenvalue weighted by Crippen LogP contribution is -1.97. The van der Waals surface area contributed by atoms with Crippen molar-refractivity contribution in [3.63, 3.8) is 0 Å². The van der Waals surface area contributed by atoms with Gasteiger partial charge in [-0.1, -0.05) is 0 Å². The van der Waals surface area contributed by atoms with Crippen LogP contribution in [0.15, 0.2) is 18.5 Å². The van der Waals surface area contributed by atoms with Gasteiger partial charge in [-0.3, -0.25) is 0 Å². The van der Waals surface area contributed by atoms with Crippen molar-refractivity contribution in [1.82, 2.24) is 19.7 Å². The van der Waals surface area contributed by atoms with Gasteiger partial charge >= 0.3 is 0 Å². The number of halogens is 1. The zero-order valence-corrected chi connectivity index (χ0v) is 8.31. The monoisotopic (exact) mass is 208 g/mol. The molecule has 0 saturated carbocycles. The van der Waals surface area contributed by atoms with E-state index < -0.39 is 5.95 Å². The lowest BCUT2D eigenvalue weighted by Gasteiger charge is -2.02. The largest absolute Gasteiger partial charge is 0.421 e. The van der Waals surface area contributed by atoms with Crippen molar-refractivity contribution >= 4 is 0 Å². The molecule has 6 heteroatoms. The molecule has 2 rings (SSSR count). The standard InChI is InChI=1S/C9H9FN4O/c1-6-3-9(14(2)13-6)15-8-4-7(10)11-5-12-8/h3-5H,1-2H3. The zero-order chi connectivity index (χ0) is 10.8. The van der Waals surface area contributed by atoms with Gasteiger partial charge in [-0.2, -0.15) is 9.49 Å². The van der Waals surface area contributed by atoms with Gasteiger partial charge in [0, 0.05) is 13.1 Å². The molecule has 0 unspecified atom stereocenters. The fourth-order valence-corrected chi connectivity index (χ4v) is 1.16. The van der Waals surface area contributed by atoms with E-state index in [1.165, 1.54) is 0 Å². The van der Waals surface area contributed by atoms with Crippen molar-refractivity contribution < 1.29 is 9.13 Å². The van der Waals surface area contributed by atoms with Crippen LogP contribution in [0, 0.1) is 12.9 Å². The van der Waals surface area contributed by atoms with Crippen molar-refractivity contribution in [2.45, 2.75) is 6.92 Å². The number of aromatic nitrogens is 4. The molecule has 2 aromatic heterocycles. The maximum atomic E-state index is 12.7. The Hall–Kier alpha value is -1.98. The van der Waals surface area contributed by atoms with Crippen LogP contribution >= 0.6 is 0 Å². The Balaban J connectivity index is 2.25. The molecule has 0 spiro atoms. The number of rotatable bonds is 2. The first-order chi connectivity index (χ1) is 7.15. The molecule has 15 heavy (non-hydrogen) atoms. The van der Waals surface area contributed by atoms with Crippen molar-refractivity contribution in [3.05, 3.63) is 30.1 Å². The molecule has 0 aromatic carbocycles. The summed E-state index contributed by atoms with van der Waals surface area (Å²) in [7, 11) is 1.74. The van der Waals surface area contributed by atoms with E-state index in [0.717, 1.165) is 18.1 Å². The number of aryl methyl sites for hydroxylation is 2. The van der Waals surface area contributed by atoms with Crippen LogP contribution < -0.4 is 4.74 Å². The molecule has 0 aliphatic heterocycles.